The number of aromatic amines is 1. The van der Waals surface area contributed by atoms with Crippen molar-refractivity contribution < 1.29 is 14.3 Å². The second-order valence-corrected chi connectivity index (χ2v) is 6.02. The molecule has 0 aliphatic heterocycles. The molecule has 8 heteroatoms. The SMILES string of the molecule is CC(C)OC(=O)c1cccc(NC(=O)c2nn(-c3ccccc3)c(=O)[nH]2)c1. The number of carbonyl (C=O) groups is 2. The molecule has 1 aromatic heterocycles. The third kappa shape index (κ3) is 4.30. The van der Waals surface area contributed by atoms with Crippen molar-refractivity contribution in [2.45, 2.75) is 20.0 Å². The normalized spacial score (nSPS) is 10.6. The lowest BCUT2D eigenvalue weighted by Crippen LogP contribution is -2.16. The number of aromatic nitrogens is 3. The molecule has 0 saturated heterocycles. The second kappa shape index (κ2) is 7.69. The van der Waals surface area contributed by atoms with E-state index in [1.807, 2.05) is 6.07 Å². The topological polar surface area (TPSA) is 106 Å². The minimum absolute atomic E-state index is 0.140. The molecule has 0 radical (unpaired) electrons. The predicted molar refractivity (Wildman–Crippen MR) is 99.1 cm³/mol. The Kier molecular flexibility index (Phi) is 5.16. The number of amides is 1. The van der Waals surface area contributed by atoms with Gasteiger partial charge in [0.1, 0.15) is 0 Å². The number of hydrogen-bond acceptors (Lipinski definition) is 5. The minimum atomic E-state index is -0.601. The summed E-state index contributed by atoms with van der Waals surface area (Å²) in [5.41, 5.74) is 0.704. The van der Waals surface area contributed by atoms with Crippen LogP contribution in [0, 0.1) is 0 Å². The van der Waals surface area contributed by atoms with Crippen molar-refractivity contribution in [2.24, 2.45) is 0 Å². The number of H-pyrrole nitrogens is 1. The van der Waals surface area contributed by atoms with Crippen molar-refractivity contribution in [3.05, 3.63) is 76.5 Å². The van der Waals surface area contributed by atoms with Gasteiger partial charge in [-0.25, -0.2) is 9.59 Å². The van der Waals surface area contributed by atoms with Crippen LogP contribution in [0.1, 0.15) is 34.8 Å². The molecule has 2 N–H and O–H groups in total. The molecule has 0 bridgehead atoms. The molecule has 3 aromatic rings. The lowest BCUT2D eigenvalue weighted by Gasteiger charge is -2.09. The first kappa shape index (κ1) is 18.1. The summed E-state index contributed by atoms with van der Waals surface area (Å²) in [5.74, 6) is -1.22. The van der Waals surface area contributed by atoms with Crippen molar-refractivity contribution in [1.82, 2.24) is 14.8 Å². The number of nitrogens with zero attached hydrogens (tertiary/aromatic N) is 2. The van der Waals surface area contributed by atoms with Crippen molar-refractivity contribution in [3.63, 3.8) is 0 Å². The van der Waals surface area contributed by atoms with Gasteiger partial charge < -0.3 is 10.1 Å². The zero-order valence-electron chi connectivity index (χ0n) is 14.8. The highest BCUT2D eigenvalue weighted by atomic mass is 16.5. The fourth-order valence-corrected chi connectivity index (χ4v) is 2.37. The first-order valence-corrected chi connectivity index (χ1v) is 8.31. The zero-order valence-corrected chi connectivity index (χ0v) is 14.8. The van der Waals surface area contributed by atoms with E-state index < -0.39 is 17.6 Å². The number of nitrogens with one attached hydrogen (secondary N) is 2. The maximum absolute atomic E-state index is 12.4. The van der Waals surface area contributed by atoms with E-state index >= 15 is 0 Å². The summed E-state index contributed by atoms with van der Waals surface area (Å²) < 4.78 is 6.24. The van der Waals surface area contributed by atoms with Gasteiger partial charge in [-0.15, -0.1) is 5.10 Å². The summed E-state index contributed by atoms with van der Waals surface area (Å²) in [7, 11) is 0. The average molecular weight is 366 g/mol. The van der Waals surface area contributed by atoms with Crippen molar-refractivity contribution in [3.8, 4) is 5.69 Å². The number of ether oxygens (including phenoxy) is 1. The molecule has 0 aliphatic rings. The van der Waals surface area contributed by atoms with Gasteiger partial charge in [-0.2, -0.15) is 4.68 Å². The third-order valence-corrected chi connectivity index (χ3v) is 3.53. The summed E-state index contributed by atoms with van der Waals surface area (Å²) >= 11 is 0. The number of rotatable bonds is 5. The van der Waals surface area contributed by atoms with Gasteiger partial charge >= 0.3 is 11.7 Å². The number of para-hydroxylation sites is 1. The Labute approximate surface area is 154 Å². The number of esters is 1. The van der Waals surface area contributed by atoms with Crippen LogP contribution < -0.4 is 11.0 Å². The smallest absolute Gasteiger partial charge is 0.348 e. The van der Waals surface area contributed by atoms with Crippen molar-refractivity contribution >= 4 is 17.6 Å². The van der Waals surface area contributed by atoms with E-state index in [0.29, 0.717) is 16.9 Å². The molecule has 0 spiro atoms. The largest absolute Gasteiger partial charge is 0.459 e. The fraction of sp³-hybridized carbons (Fsp3) is 0.158. The monoisotopic (exact) mass is 366 g/mol. The van der Waals surface area contributed by atoms with Crippen LogP contribution in [0.15, 0.2) is 59.4 Å². The van der Waals surface area contributed by atoms with Gasteiger partial charge in [-0.3, -0.25) is 9.78 Å². The van der Waals surface area contributed by atoms with E-state index in [9.17, 15) is 14.4 Å². The van der Waals surface area contributed by atoms with Crippen LogP contribution in [0.3, 0.4) is 0 Å². The molecule has 1 amide bonds. The van der Waals surface area contributed by atoms with Crippen LogP contribution in [0.5, 0.6) is 0 Å². The molecule has 3 rings (SSSR count). The fourth-order valence-electron chi connectivity index (χ4n) is 2.37. The summed E-state index contributed by atoms with van der Waals surface area (Å²) in [6.45, 7) is 3.51. The minimum Gasteiger partial charge on any atom is -0.459 e. The average Bonchev–Trinajstić information content (AvgIpc) is 3.04. The Balaban J connectivity index is 1.79. The van der Waals surface area contributed by atoms with Crippen LogP contribution in [0.4, 0.5) is 5.69 Å². The molecule has 0 unspecified atom stereocenters. The summed E-state index contributed by atoms with van der Waals surface area (Å²) in [5, 5.41) is 6.62. The maximum atomic E-state index is 12.4. The van der Waals surface area contributed by atoms with Gasteiger partial charge in [0.2, 0.25) is 5.82 Å². The number of carbonyl (C=O) groups excluding carboxylic acids is 2. The molecule has 8 nitrogen and oxygen atoms in total. The first-order valence-electron chi connectivity index (χ1n) is 8.31. The summed E-state index contributed by atoms with van der Waals surface area (Å²) in [6.07, 6.45) is -0.247. The van der Waals surface area contributed by atoms with Crippen LogP contribution in [-0.2, 0) is 4.74 Å². The molecule has 0 atom stereocenters. The summed E-state index contributed by atoms with van der Waals surface area (Å²) in [4.78, 5) is 38.8. The van der Waals surface area contributed by atoms with Crippen LogP contribution in [-0.4, -0.2) is 32.7 Å². The Hall–Kier alpha value is -3.68. The highest BCUT2D eigenvalue weighted by Gasteiger charge is 2.16. The Morgan fingerprint density at radius 3 is 2.56 bits per heavy atom. The predicted octanol–water partition coefficient (Wildman–Crippen LogP) is 2.38. The Bertz CT molecular complexity index is 1020. The zero-order chi connectivity index (χ0) is 19.4. The highest BCUT2D eigenvalue weighted by Crippen LogP contribution is 2.13. The van der Waals surface area contributed by atoms with Gasteiger partial charge in [0.15, 0.2) is 0 Å². The van der Waals surface area contributed by atoms with Gasteiger partial charge in [0, 0.05) is 5.69 Å². The Morgan fingerprint density at radius 2 is 1.85 bits per heavy atom. The standard InChI is InChI=1S/C19H18N4O4/c1-12(2)27-18(25)13-7-6-8-14(11-13)20-17(24)16-21-19(26)23(22-16)15-9-4-3-5-10-15/h3-12H,1-2H3,(H,20,24)(H,21,22,26). The molecule has 0 fully saturated rings. The molecule has 27 heavy (non-hydrogen) atoms. The van der Waals surface area contributed by atoms with Crippen LogP contribution in [0.2, 0.25) is 0 Å². The van der Waals surface area contributed by atoms with Crippen molar-refractivity contribution in [1.29, 1.82) is 0 Å². The van der Waals surface area contributed by atoms with Gasteiger partial charge in [-0.1, -0.05) is 24.3 Å². The number of benzene rings is 2. The van der Waals surface area contributed by atoms with Gasteiger partial charge in [0.05, 0.1) is 17.4 Å². The van der Waals surface area contributed by atoms with Gasteiger partial charge in [-0.05, 0) is 44.2 Å². The maximum Gasteiger partial charge on any atom is 0.348 e. The molecule has 0 aliphatic carbocycles. The van der Waals surface area contributed by atoms with E-state index in [1.165, 1.54) is 6.07 Å². The molecule has 1 heterocycles. The van der Waals surface area contributed by atoms with Crippen molar-refractivity contribution in [2.75, 3.05) is 5.32 Å². The molecular weight excluding hydrogens is 348 g/mol. The van der Waals surface area contributed by atoms with E-state index in [0.717, 1.165) is 4.68 Å². The molecule has 138 valence electrons. The first-order chi connectivity index (χ1) is 12.9. The second-order valence-electron chi connectivity index (χ2n) is 6.02. The van der Waals surface area contributed by atoms with Gasteiger partial charge in [0.25, 0.3) is 5.91 Å². The highest BCUT2D eigenvalue weighted by molar-refractivity contribution is 6.02. The quantitative estimate of drug-likeness (QED) is 0.674. The van der Waals surface area contributed by atoms with E-state index in [4.69, 9.17) is 4.74 Å². The van der Waals surface area contributed by atoms with E-state index in [1.54, 1.807) is 56.3 Å². The summed E-state index contributed by atoms with van der Waals surface area (Å²) in [6, 6.07) is 15.1. The molecule has 2 aromatic carbocycles. The van der Waals surface area contributed by atoms with E-state index in [-0.39, 0.29) is 11.9 Å². The number of anilines is 1. The third-order valence-electron chi connectivity index (χ3n) is 3.53. The van der Waals surface area contributed by atoms with Crippen LogP contribution in [0.25, 0.3) is 5.69 Å². The molecular formula is C19H18N4O4. The lowest BCUT2D eigenvalue weighted by molar-refractivity contribution is 0.0378. The van der Waals surface area contributed by atoms with Crippen LogP contribution >= 0.6 is 0 Å². The molecule has 0 saturated carbocycles. The Morgan fingerprint density at radius 1 is 1.11 bits per heavy atom. The van der Waals surface area contributed by atoms with E-state index in [2.05, 4.69) is 15.4 Å². The lowest BCUT2D eigenvalue weighted by atomic mass is 10.2. The number of hydrogen-bond donors (Lipinski definition) is 2.